The van der Waals surface area contributed by atoms with E-state index in [9.17, 15) is 14.2 Å². The molecule has 0 saturated carbocycles. The molecule has 0 spiro atoms. The topological polar surface area (TPSA) is 72.5 Å². The molecule has 0 aliphatic carbocycles. The molecule has 5 nitrogen and oxygen atoms in total. The lowest BCUT2D eigenvalue weighted by molar-refractivity contribution is -0.140. The van der Waals surface area contributed by atoms with Gasteiger partial charge in [0.05, 0.1) is 13.7 Å². The van der Waals surface area contributed by atoms with Gasteiger partial charge in [-0.05, 0) is 26.3 Å². The zero-order valence-electron chi connectivity index (χ0n) is 10.1. The van der Waals surface area contributed by atoms with Crippen LogP contribution in [0.15, 0.2) is 11.8 Å². The van der Waals surface area contributed by atoms with Crippen molar-refractivity contribution in [2.24, 2.45) is 0 Å². The van der Waals surface area contributed by atoms with Crippen molar-refractivity contribution in [2.45, 2.75) is 13.8 Å². The van der Waals surface area contributed by atoms with Gasteiger partial charge in [0.2, 0.25) is 5.91 Å². The van der Waals surface area contributed by atoms with Gasteiger partial charge in [0.15, 0.2) is 0 Å². The van der Waals surface area contributed by atoms with Crippen LogP contribution in [0, 0.1) is 0 Å². The van der Waals surface area contributed by atoms with Gasteiger partial charge in [0.1, 0.15) is 5.70 Å². The highest BCUT2D eigenvalue weighted by molar-refractivity contribution is 7.62. The van der Waals surface area contributed by atoms with E-state index in [4.69, 9.17) is 4.74 Å². The van der Waals surface area contributed by atoms with E-state index in [2.05, 4.69) is 5.32 Å². The third-order valence-corrected chi connectivity index (χ3v) is 2.60. The summed E-state index contributed by atoms with van der Waals surface area (Å²) in [6.07, 6.45) is 1.70. The van der Waals surface area contributed by atoms with Crippen LogP contribution < -0.4 is 5.32 Å². The second kappa shape index (κ2) is 6.48. The minimum atomic E-state index is -2.26. The summed E-state index contributed by atoms with van der Waals surface area (Å²) in [5.74, 6) is -0.965. The average Bonchev–Trinajstić information content (AvgIpc) is 2.10. The van der Waals surface area contributed by atoms with E-state index in [1.165, 1.54) is 13.0 Å². The number of carbonyl (C=O) groups excluding carboxylic acids is 2. The van der Waals surface area contributed by atoms with Crippen LogP contribution in [-0.2, 0) is 18.9 Å². The molecular weight excluding hydrogens is 229 g/mol. The Bertz CT molecular complexity index is 343. The summed E-state index contributed by atoms with van der Waals surface area (Å²) in [6, 6.07) is 0. The zero-order chi connectivity index (χ0) is 12.8. The Labute approximate surface area is 95.6 Å². The predicted octanol–water partition coefficient (Wildman–Crippen LogP) is 1.19. The van der Waals surface area contributed by atoms with E-state index in [-0.39, 0.29) is 24.4 Å². The van der Waals surface area contributed by atoms with Gasteiger partial charge >= 0.3 is 5.97 Å². The fraction of sp³-hybridized carbons (Fsp3) is 0.600. The molecule has 1 N–H and O–H groups in total. The number of ether oxygens (including phenoxy) is 1. The second-order valence-corrected chi connectivity index (χ2v) is 7.29. The van der Waals surface area contributed by atoms with Gasteiger partial charge in [-0.1, -0.05) is 0 Å². The van der Waals surface area contributed by atoms with Crippen molar-refractivity contribution in [3.63, 3.8) is 0 Å². The third-order valence-electron chi connectivity index (χ3n) is 1.54. The van der Waals surface area contributed by atoms with Gasteiger partial charge < -0.3 is 14.6 Å². The summed E-state index contributed by atoms with van der Waals surface area (Å²) in [7, 11) is -2.26. The van der Waals surface area contributed by atoms with E-state index in [1.807, 2.05) is 0 Å². The van der Waals surface area contributed by atoms with Crippen LogP contribution in [0.3, 0.4) is 0 Å². The molecule has 0 aromatic carbocycles. The van der Waals surface area contributed by atoms with Crippen LogP contribution in [0.25, 0.3) is 0 Å². The van der Waals surface area contributed by atoms with Gasteiger partial charge in [-0.2, -0.15) is 0 Å². The molecule has 92 valence electrons. The zero-order valence-corrected chi connectivity index (χ0v) is 11.0. The molecule has 0 aliphatic rings. The van der Waals surface area contributed by atoms with Crippen LogP contribution in [0.1, 0.15) is 13.8 Å². The van der Waals surface area contributed by atoms with Crippen molar-refractivity contribution in [1.82, 2.24) is 5.32 Å². The van der Waals surface area contributed by atoms with Crippen LogP contribution in [0.5, 0.6) is 0 Å². The standard InChI is InChI=1S/C10H18NO4P/c1-5-15-10(13)9(11-8(2)12)6-7-16(3,4)14/h6H,5,7H2,1-4H3,(H,11,12)/b9-6-. The van der Waals surface area contributed by atoms with Crippen molar-refractivity contribution in [2.75, 3.05) is 26.1 Å². The summed E-state index contributed by atoms with van der Waals surface area (Å²) < 4.78 is 16.2. The summed E-state index contributed by atoms with van der Waals surface area (Å²) in [5.41, 5.74) is 0.0540. The molecule has 0 bridgehead atoms. The molecule has 0 aromatic heterocycles. The largest absolute Gasteiger partial charge is 0.461 e. The Morgan fingerprint density at radius 2 is 1.94 bits per heavy atom. The van der Waals surface area contributed by atoms with Crippen molar-refractivity contribution in [1.29, 1.82) is 0 Å². The first-order valence-electron chi connectivity index (χ1n) is 4.95. The van der Waals surface area contributed by atoms with E-state index in [0.717, 1.165) is 0 Å². The lowest BCUT2D eigenvalue weighted by atomic mass is 10.4. The number of amides is 1. The molecule has 0 heterocycles. The van der Waals surface area contributed by atoms with Gasteiger partial charge in [-0.25, -0.2) is 4.79 Å². The van der Waals surface area contributed by atoms with E-state index in [0.29, 0.717) is 0 Å². The molecule has 0 atom stereocenters. The van der Waals surface area contributed by atoms with Crippen molar-refractivity contribution >= 4 is 19.0 Å². The number of rotatable bonds is 5. The summed E-state index contributed by atoms with van der Waals surface area (Å²) >= 11 is 0. The number of hydrogen-bond donors (Lipinski definition) is 1. The lowest BCUT2D eigenvalue weighted by Gasteiger charge is -2.08. The minimum absolute atomic E-state index is 0.0540. The number of carbonyl (C=O) groups is 2. The second-order valence-electron chi connectivity index (χ2n) is 3.78. The molecule has 0 saturated heterocycles. The third kappa shape index (κ3) is 7.23. The minimum Gasteiger partial charge on any atom is -0.461 e. The Balaban J connectivity index is 4.72. The van der Waals surface area contributed by atoms with E-state index >= 15 is 0 Å². The molecular formula is C10H18NO4P. The normalized spacial score (nSPS) is 12.1. The molecule has 0 aromatic rings. The number of allylic oxidation sites excluding steroid dienone is 1. The molecule has 0 unspecified atom stereocenters. The Morgan fingerprint density at radius 1 is 1.38 bits per heavy atom. The molecule has 1 amide bonds. The Kier molecular flexibility index (Phi) is 6.04. The summed E-state index contributed by atoms with van der Waals surface area (Å²) in [6.45, 7) is 6.42. The van der Waals surface area contributed by atoms with E-state index in [1.54, 1.807) is 20.3 Å². The lowest BCUT2D eigenvalue weighted by Crippen LogP contribution is -2.26. The van der Waals surface area contributed by atoms with Gasteiger partial charge in [0.25, 0.3) is 0 Å². The fourth-order valence-corrected chi connectivity index (χ4v) is 1.52. The van der Waals surface area contributed by atoms with Crippen LogP contribution in [-0.4, -0.2) is 38.0 Å². The molecule has 6 heteroatoms. The van der Waals surface area contributed by atoms with Crippen LogP contribution >= 0.6 is 7.14 Å². The SMILES string of the molecule is CCOC(=O)/C(=C/CP(C)(C)=O)NC(C)=O. The number of hydrogen-bond acceptors (Lipinski definition) is 4. The predicted molar refractivity (Wildman–Crippen MR) is 62.9 cm³/mol. The summed E-state index contributed by atoms with van der Waals surface area (Å²) in [4.78, 5) is 22.3. The number of esters is 1. The fourth-order valence-electron chi connectivity index (χ4n) is 0.895. The molecule has 0 aliphatic heterocycles. The van der Waals surface area contributed by atoms with E-state index < -0.39 is 13.1 Å². The highest BCUT2D eigenvalue weighted by Gasteiger charge is 2.13. The van der Waals surface area contributed by atoms with Crippen molar-refractivity contribution in [3.05, 3.63) is 11.8 Å². The highest BCUT2D eigenvalue weighted by atomic mass is 31.2. The molecule has 0 radical (unpaired) electrons. The first-order valence-corrected chi connectivity index (χ1v) is 7.73. The maximum absolute atomic E-state index is 11.5. The Morgan fingerprint density at radius 3 is 2.31 bits per heavy atom. The smallest absolute Gasteiger partial charge is 0.354 e. The summed E-state index contributed by atoms with van der Waals surface area (Å²) in [5, 5.41) is 2.36. The quantitative estimate of drug-likeness (QED) is 0.450. The highest BCUT2D eigenvalue weighted by Crippen LogP contribution is 2.35. The maximum Gasteiger partial charge on any atom is 0.354 e. The van der Waals surface area contributed by atoms with Crippen molar-refractivity contribution in [3.8, 4) is 0 Å². The molecule has 0 fully saturated rings. The monoisotopic (exact) mass is 247 g/mol. The van der Waals surface area contributed by atoms with Crippen LogP contribution in [0.2, 0.25) is 0 Å². The Hall–Kier alpha value is -1.09. The first-order chi connectivity index (χ1) is 7.26. The van der Waals surface area contributed by atoms with Crippen molar-refractivity contribution < 1.29 is 18.9 Å². The van der Waals surface area contributed by atoms with Gasteiger partial charge in [0, 0.05) is 13.1 Å². The van der Waals surface area contributed by atoms with Crippen LogP contribution in [0.4, 0.5) is 0 Å². The first kappa shape index (κ1) is 14.9. The molecule has 16 heavy (non-hydrogen) atoms. The maximum atomic E-state index is 11.5. The number of nitrogens with one attached hydrogen (secondary N) is 1. The van der Waals surface area contributed by atoms with Gasteiger partial charge in [-0.15, -0.1) is 0 Å². The average molecular weight is 247 g/mol. The molecule has 0 rings (SSSR count). The van der Waals surface area contributed by atoms with Gasteiger partial charge in [-0.3, -0.25) is 4.79 Å².